The number of carboxylic acid groups (broad SMARTS) is 1. The van der Waals surface area contributed by atoms with Crippen molar-refractivity contribution >= 4 is 12.4 Å². The minimum absolute atomic E-state index is 0.0301. The first-order chi connectivity index (χ1) is 20.7. The molecule has 0 aliphatic heterocycles. The number of ether oxygens (including phenoxy) is 1. The maximum Gasteiger partial charge on any atom is 0.309 e. The quantitative estimate of drug-likeness (QED) is 0.318. The van der Waals surface area contributed by atoms with Crippen LogP contribution >= 0.6 is 0 Å². The van der Waals surface area contributed by atoms with Crippen LogP contribution in [0, 0.1) is 81.3 Å². The minimum atomic E-state index is -0.695. The second-order valence-electron chi connectivity index (χ2n) is 18.5. The zero-order chi connectivity index (χ0) is 31.6. The van der Waals surface area contributed by atoms with E-state index in [-0.39, 0.29) is 22.3 Å². The van der Waals surface area contributed by atoms with E-state index in [4.69, 9.17) is 4.74 Å². The molecule has 1 N–H and O–H groups in total. The largest absolute Gasteiger partial charge is 0.481 e. The molecule has 0 bridgehead atoms. The Balaban J connectivity index is 1.51. The Labute approximate surface area is 267 Å². The fourth-order valence-corrected chi connectivity index (χ4v) is 14.3. The first-order valence-corrected chi connectivity index (χ1v) is 18.5. The van der Waals surface area contributed by atoms with Crippen molar-refractivity contribution in [1.82, 2.24) is 0 Å². The van der Waals surface area contributed by atoms with E-state index in [0.29, 0.717) is 59.2 Å². The van der Waals surface area contributed by atoms with E-state index in [1.807, 2.05) is 0 Å². The van der Waals surface area contributed by atoms with Gasteiger partial charge in [0.25, 0.3) is 6.47 Å². The number of carbonyl (C=O) groups is 2. The third-order valence-electron chi connectivity index (χ3n) is 16.2. The Kier molecular flexibility index (Phi) is 7.20. The van der Waals surface area contributed by atoms with Crippen LogP contribution in [0.15, 0.2) is 22.8 Å². The Morgan fingerprint density at radius 3 is 2.30 bits per heavy atom. The maximum atomic E-state index is 13.1. The molecule has 0 radical (unpaired) electrons. The zero-order valence-corrected chi connectivity index (χ0v) is 29.0. The first-order valence-electron chi connectivity index (χ1n) is 18.5. The van der Waals surface area contributed by atoms with Crippen molar-refractivity contribution in [3.05, 3.63) is 22.8 Å². The second-order valence-corrected chi connectivity index (χ2v) is 18.5. The lowest BCUT2D eigenvalue weighted by Gasteiger charge is -2.69. The third-order valence-corrected chi connectivity index (χ3v) is 16.2. The maximum absolute atomic E-state index is 13.1. The predicted octanol–water partition coefficient (Wildman–Crippen LogP) is 9.49. The van der Waals surface area contributed by atoms with E-state index in [0.717, 1.165) is 45.0 Å². The lowest BCUT2D eigenvalue weighted by atomic mass is 9.36. The van der Waals surface area contributed by atoms with Gasteiger partial charge in [-0.2, -0.15) is 0 Å². The molecule has 244 valence electrons. The lowest BCUT2D eigenvalue weighted by molar-refractivity contribution is -0.183. The van der Waals surface area contributed by atoms with Gasteiger partial charge in [-0.3, -0.25) is 9.59 Å². The highest BCUT2D eigenvalue weighted by Crippen LogP contribution is 2.74. The second kappa shape index (κ2) is 10.2. The number of carboxylic acids is 1. The summed E-state index contributed by atoms with van der Waals surface area (Å²) < 4.78 is 6.14. The highest BCUT2D eigenvalue weighted by atomic mass is 16.5. The number of allylic oxidation sites excluding steroid dienone is 4. The fourth-order valence-electron chi connectivity index (χ4n) is 14.3. The molecule has 13 atom stereocenters. The van der Waals surface area contributed by atoms with Crippen molar-refractivity contribution in [2.24, 2.45) is 81.3 Å². The molecular formula is C40H60O4. The van der Waals surface area contributed by atoms with Crippen molar-refractivity contribution in [3.8, 4) is 0 Å². The summed E-state index contributed by atoms with van der Waals surface area (Å²) in [4.78, 5) is 25.1. The van der Waals surface area contributed by atoms with Crippen molar-refractivity contribution < 1.29 is 19.4 Å². The molecular weight excluding hydrogens is 544 g/mol. The molecule has 44 heavy (non-hydrogen) atoms. The van der Waals surface area contributed by atoms with E-state index < -0.39 is 11.4 Å². The van der Waals surface area contributed by atoms with Gasteiger partial charge in [0, 0.05) is 5.92 Å². The van der Waals surface area contributed by atoms with Crippen LogP contribution in [0.4, 0.5) is 0 Å². The Bertz CT molecular complexity index is 1280. The molecule has 7 aliphatic rings. The summed E-state index contributed by atoms with van der Waals surface area (Å²) in [5, 5.41) is 10.8. The van der Waals surface area contributed by atoms with Gasteiger partial charge in [-0.05, 0) is 159 Å². The van der Waals surface area contributed by atoms with Gasteiger partial charge in [-0.1, -0.05) is 59.6 Å². The number of aliphatic carboxylic acids is 1. The lowest BCUT2D eigenvalue weighted by Crippen LogP contribution is -2.63. The Morgan fingerprint density at radius 2 is 1.64 bits per heavy atom. The molecule has 0 aromatic heterocycles. The number of hydrogen-bond acceptors (Lipinski definition) is 3. The van der Waals surface area contributed by atoms with Crippen LogP contribution in [0.2, 0.25) is 0 Å². The molecule has 4 nitrogen and oxygen atoms in total. The molecule has 0 heterocycles. The molecule has 4 heteroatoms. The summed E-state index contributed by atoms with van der Waals surface area (Å²) in [7, 11) is 0. The van der Waals surface area contributed by atoms with Gasteiger partial charge in [-0.25, -0.2) is 0 Å². The molecule has 13 unspecified atom stereocenters. The van der Waals surface area contributed by atoms with Crippen molar-refractivity contribution in [3.63, 3.8) is 0 Å². The van der Waals surface area contributed by atoms with Gasteiger partial charge in [0.1, 0.15) is 5.60 Å². The number of hydrogen-bond donors (Lipinski definition) is 1. The van der Waals surface area contributed by atoms with E-state index in [2.05, 4.69) is 61.5 Å². The molecule has 0 aromatic carbocycles. The standard InChI is InChI=1S/C40H60O4/c1-22(2)24-12-14-29-35-27(20-31-38(29,6)16-10-18-40(31,8)44-21-41)33-25(23(3)4)11-13-28-34(33)26(32(24)35)19-30-37(28,5)15-9-17-39(30,7)36(42)43/h19,21-25,27-31,33-34H,9-18,20H2,1-8H3,(H,42,43). The van der Waals surface area contributed by atoms with Crippen LogP contribution in [0.25, 0.3) is 0 Å². The number of fused-ring (bicyclic) bond motifs is 6. The summed E-state index contributed by atoms with van der Waals surface area (Å²) in [6, 6.07) is 0. The topological polar surface area (TPSA) is 63.6 Å². The van der Waals surface area contributed by atoms with E-state index >= 15 is 0 Å². The minimum Gasteiger partial charge on any atom is -0.481 e. The van der Waals surface area contributed by atoms with Gasteiger partial charge in [0.2, 0.25) is 0 Å². The SMILES string of the molecule is CC(C)C1CCC2C3=C1C1=CC4C(C)(C(=O)O)CCCC4(C)C4CCC(C(C)C)C(C3CC3C(C)(OC=O)CCCC23C)C14. The van der Waals surface area contributed by atoms with E-state index in [1.165, 1.54) is 32.1 Å². The van der Waals surface area contributed by atoms with Crippen molar-refractivity contribution in [1.29, 1.82) is 0 Å². The van der Waals surface area contributed by atoms with Crippen molar-refractivity contribution in [2.45, 2.75) is 132 Å². The molecule has 7 rings (SSSR count). The summed E-state index contributed by atoms with van der Waals surface area (Å²) in [5.41, 5.74) is 4.22. The van der Waals surface area contributed by atoms with Crippen molar-refractivity contribution in [2.75, 3.05) is 0 Å². The van der Waals surface area contributed by atoms with Gasteiger partial charge < -0.3 is 9.84 Å². The molecule has 4 fully saturated rings. The molecule has 0 spiro atoms. The Hall–Kier alpha value is -1.58. The van der Waals surface area contributed by atoms with E-state index in [1.54, 1.807) is 16.7 Å². The first kappa shape index (κ1) is 31.0. The normalized spacial score (nSPS) is 51.0. The van der Waals surface area contributed by atoms with Gasteiger partial charge in [-0.15, -0.1) is 0 Å². The van der Waals surface area contributed by atoms with Gasteiger partial charge in [0.05, 0.1) is 5.41 Å². The molecule has 4 saturated carbocycles. The third kappa shape index (κ3) is 3.93. The van der Waals surface area contributed by atoms with E-state index in [9.17, 15) is 14.7 Å². The molecule has 0 saturated heterocycles. The summed E-state index contributed by atoms with van der Waals surface area (Å²) >= 11 is 0. The summed E-state index contributed by atoms with van der Waals surface area (Å²) in [6.07, 6.45) is 15.1. The fraction of sp³-hybridized carbons (Fsp3) is 0.850. The Morgan fingerprint density at radius 1 is 0.932 bits per heavy atom. The molecule has 0 aromatic rings. The van der Waals surface area contributed by atoms with Crippen LogP contribution < -0.4 is 0 Å². The highest BCUT2D eigenvalue weighted by molar-refractivity contribution is 5.75. The number of rotatable bonds is 5. The van der Waals surface area contributed by atoms with Crippen LogP contribution in [-0.4, -0.2) is 23.1 Å². The van der Waals surface area contributed by atoms with Gasteiger partial charge in [0.15, 0.2) is 0 Å². The average molecular weight is 605 g/mol. The molecule has 7 aliphatic carbocycles. The zero-order valence-electron chi connectivity index (χ0n) is 29.0. The van der Waals surface area contributed by atoms with Crippen LogP contribution in [0.1, 0.15) is 126 Å². The predicted molar refractivity (Wildman–Crippen MR) is 174 cm³/mol. The number of carbonyl (C=O) groups excluding carboxylic acids is 1. The highest BCUT2D eigenvalue weighted by Gasteiger charge is 2.68. The smallest absolute Gasteiger partial charge is 0.309 e. The van der Waals surface area contributed by atoms with Crippen LogP contribution in [0.5, 0.6) is 0 Å². The van der Waals surface area contributed by atoms with Crippen LogP contribution in [-0.2, 0) is 14.3 Å². The molecule has 0 amide bonds. The monoisotopic (exact) mass is 604 g/mol. The summed E-state index contributed by atoms with van der Waals surface area (Å²) in [6.45, 7) is 20.0. The van der Waals surface area contributed by atoms with Gasteiger partial charge >= 0.3 is 5.97 Å². The average Bonchev–Trinajstić information content (AvgIpc) is 2.96. The summed E-state index contributed by atoms with van der Waals surface area (Å²) in [5.74, 6) is 5.11. The van der Waals surface area contributed by atoms with Crippen LogP contribution in [0.3, 0.4) is 0 Å².